The van der Waals surface area contributed by atoms with Crippen LogP contribution in [0.4, 0.5) is 0 Å². The number of nitrogens with zero attached hydrogens (tertiary/aromatic N) is 3. The maximum atomic E-state index is 12.4. The highest BCUT2D eigenvalue weighted by atomic mass is 79.9. The van der Waals surface area contributed by atoms with Crippen LogP contribution in [0.25, 0.3) is 0 Å². The zero-order valence-electron chi connectivity index (χ0n) is 11.1. The second-order valence-corrected chi connectivity index (χ2v) is 9.42. The van der Waals surface area contributed by atoms with E-state index in [9.17, 15) is 8.42 Å². The van der Waals surface area contributed by atoms with E-state index in [0.717, 1.165) is 3.79 Å². The van der Waals surface area contributed by atoms with Crippen molar-refractivity contribution in [2.24, 2.45) is 5.92 Å². The Morgan fingerprint density at radius 3 is 2.55 bits per heavy atom. The number of hydrogen-bond acceptors (Lipinski definition) is 5. The van der Waals surface area contributed by atoms with Gasteiger partial charge in [0, 0.05) is 32.7 Å². The summed E-state index contributed by atoms with van der Waals surface area (Å²) in [5, 5.41) is 8.81. The third kappa shape index (κ3) is 3.59. The van der Waals surface area contributed by atoms with E-state index in [0.29, 0.717) is 36.9 Å². The van der Waals surface area contributed by atoms with Gasteiger partial charge in [0.1, 0.15) is 4.21 Å². The minimum Gasteiger partial charge on any atom is -0.299 e. The van der Waals surface area contributed by atoms with Crippen molar-refractivity contribution < 1.29 is 8.42 Å². The maximum Gasteiger partial charge on any atom is 0.252 e. The lowest BCUT2D eigenvalue weighted by Crippen LogP contribution is -2.49. The first-order valence-electron chi connectivity index (χ1n) is 6.31. The van der Waals surface area contributed by atoms with Crippen molar-refractivity contribution in [1.29, 1.82) is 5.26 Å². The van der Waals surface area contributed by atoms with E-state index in [1.165, 1.54) is 15.6 Å². The van der Waals surface area contributed by atoms with E-state index in [1.54, 1.807) is 12.1 Å². The van der Waals surface area contributed by atoms with Gasteiger partial charge in [-0.15, -0.1) is 11.3 Å². The molecule has 2 rings (SSSR count). The number of thiophene rings is 1. The summed E-state index contributed by atoms with van der Waals surface area (Å²) < 4.78 is 27.6. The highest BCUT2D eigenvalue weighted by Crippen LogP contribution is 2.28. The van der Waals surface area contributed by atoms with Crippen LogP contribution in [0.5, 0.6) is 0 Å². The summed E-state index contributed by atoms with van der Waals surface area (Å²) in [6.07, 6.45) is 0. The zero-order valence-corrected chi connectivity index (χ0v) is 14.3. The van der Waals surface area contributed by atoms with Gasteiger partial charge in [0.05, 0.1) is 15.8 Å². The molecule has 1 aliphatic heterocycles. The molecule has 0 bridgehead atoms. The molecule has 0 amide bonds. The molecule has 0 aromatic carbocycles. The lowest BCUT2D eigenvalue weighted by Gasteiger charge is -2.34. The van der Waals surface area contributed by atoms with Crippen LogP contribution in [0.1, 0.15) is 6.92 Å². The molecule has 1 fully saturated rings. The Balaban J connectivity index is 1.99. The second-order valence-electron chi connectivity index (χ2n) is 4.79. The third-order valence-electron chi connectivity index (χ3n) is 3.23. The Hall–Kier alpha value is -0.460. The summed E-state index contributed by atoms with van der Waals surface area (Å²) in [7, 11) is -3.37. The van der Waals surface area contributed by atoms with Crippen molar-refractivity contribution in [2.75, 3.05) is 32.7 Å². The fourth-order valence-corrected chi connectivity index (χ4v) is 5.73. The molecular weight excluding hydrogens is 362 g/mol. The van der Waals surface area contributed by atoms with E-state index in [1.807, 2.05) is 6.92 Å². The van der Waals surface area contributed by atoms with Crippen LogP contribution in [-0.2, 0) is 10.0 Å². The molecule has 1 aromatic rings. The van der Waals surface area contributed by atoms with Gasteiger partial charge < -0.3 is 0 Å². The van der Waals surface area contributed by atoms with Crippen molar-refractivity contribution in [3.8, 4) is 6.07 Å². The van der Waals surface area contributed by atoms with Crippen molar-refractivity contribution >= 4 is 37.3 Å². The van der Waals surface area contributed by atoms with Gasteiger partial charge in [0.15, 0.2) is 0 Å². The van der Waals surface area contributed by atoms with Gasteiger partial charge >= 0.3 is 0 Å². The largest absolute Gasteiger partial charge is 0.299 e. The summed E-state index contributed by atoms with van der Waals surface area (Å²) in [4.78, 5) is 2.14. The normalized spacial score (nSPS) is 19.6. The van der Waals surface area contributed by atoms with Crippen LogP contribution in [0.3, 0.4) is 0 Å². The summed E-state index contributed by atoms with van der Waals surface area (Å²) in [5.41, 5.74) is 0. The molecule has 0 aliphatic carbocycles. The minimum atomic E-state index is -3.37. The number of nitriles is 1. The fraction of sp³-hybridized carbons (Fsp3) is 0.583. The van der Waals surface area contributed by atoms with Crippen LogP contribution in [0.15, 0.2) is 20.1 Å². The number of rotatable bonds is 4. The molecule has 110 valence electrons. The summed E-state index contributed by atoms with van der Waals surface area (Å²) >= 11 is 4.52. The summed E-state index contributed by atoms with van der Waals surface area (Å²) in [6, 6.07) is 5.59. The minimum absolute atomic E-state index is 0.0218. The maximum absolute atomic E-state index is 12.4. The molecule has 5 nitrogen and oxygen atoms in total. The third-order valence-corrected chi connectivity index (χ3v) is 7.22. The number of piperazine rings is 1. The molecule has 0 radical (unpaired) electrons. The molecule has 1 saturated heterocycles. The smallest absolute Gasteiger partial charge is 0.252 e. The first-order chi connectivity index (χ1) is 9.43. The number of halogens is 1. The van der Waals surface area contributed by atoms with Gasteiger partial charge in [0.25, 0.3) is 10.0 Å². The Morgan fingerprint density at radius 1 is 1.40 bits per heavy atom. The fourth-order valence-electron chi connectivity index (χ4n) is 2.14. The standard InChI is InChI=1S/C12H16BrN3O2S2/c1-10(8-14)9-15-4-6-16(7-5-15)20(17,18)12-3-2-11(13)19-12/h2-3,10H,4-7,9H2,1H3/t10-/m0/s1. The monoisotopic (exact) mass is 377 g/mol. The summed E-state index contributed by atoms with van der Waals surface area (Å²) in [5.74, 6) is -0.0218. The molecule has 0 unspecified atom stereocenters. The van der Waals surface area contributed by atoms with Crippen molar-refractivity contribution in [3.05, 3.63) is 15.9 Å². The Morgan fingerprint density at radius 2 is 2.05 bits per heavy atom. The first-order valence-corrected chi connectivity index (χ1v) is 9.36. The lowest BCUT2D eigenvalue weighted by atomic mass is 10.2. The van der Waals surface area contributed by atoms with Gasteiger partial charge in [0.2, 0.25) is 0 Å². The number of sulfonamides is 1. The molecule has 20 heavy (non-hydrogen) atoms. The van der Waals surface area contributed by atoms with Gasteiger partial charge in [-0.1, -0.05) is 0 Å². The summed E-state index contributed by atoms with van der Waals surface area (Å²) in [6.45, 7) is 4.91. The quantitative estimate of drug-likeness (QED) is 0.804. The van der Waals surface area contributed by atoms with Crippen molar-refractivity contribution in [3.63, 3.8) is 0 Å². The van der Waals surface area contributed by atoms with E-state index in [2.05, 4.69) is 26.9 Å². The topological polar surface area (TPSA) is 64.4 Å². The molecular formula is C12H16BrN3O2S2. The predicted octanol–water partition coefficient (Wildman–Crippen LogP) is 1.98. The van der Waals surface area contributed by atoms with Crippen LogP contribution >= 0.6 is 27.3 Å². The zero-order chi connectivity index (χ0) is 14.8. The van der Waals surface area contributed by atoms with E-state index in [-0.39, 0.29) is 5.92 Å². The molecule has 1 atom stereocenters. The molecule has 0 N–H and O–H groups in total. The SMILES string of the molecule is C[C@@H](C#N)CN1CCN(S(=O)(=O)c2ccc(Br)s2)CC1. The average Bonchev–Trinajstić information content (AvgIpc) is 2.86. The molecule has 8 heteroatoms. The molecule has 2 heterocycles. The van der Waals surface area contributed by atoms with E-state index < -0.39 is 10.0 Å². The second kappa shape index (κ2) is 6.54. The Kier molecular flexibility index (Phi) is 5.20. The van der Waals surface area contributed by atoms with Crippen LogP contribution in [-0.4, -0.2) is 50.3 Å². The first kappa shape index (κ1) is 15.9. The highest BCUT2D eigenvalue weighted by molar-refractivity contribution is 9.11. The van der Waals surface area contributed by atoms with Gasteiger partial charge in [-0.3, -0.25) is 4.90 Å². The molecule has 1 aliphatic rings. The van der Waals surface area contributed by atoms with Crippen molar-refractivity contribution in [2.45, 2.75) is 11.1 Å². The van der Waals surface area contributed by atoms with Gasteiger partial charge in [-0.25, -0.2) is 8.42 Å². The van der Waals surface area contributed by atoms with Crippen LogP contribution in [0, 0.1) is 17.2 Å². The molecule has 1 aromatic heterocycles. The predicted molar refractivity (Wildman–Crippen MR) is 82.0 cm³/mol. The van der Waals surface area contributed by atoms with Gasteiger partial charge in [-0.05, 0) is 35.0 Å². The van der Waals surface area contributed by atoms with Gasteiger partial charge in [-0.2, -0.15) is 9.57 Å². The molecule has 0 saturated carbocycles. The molecule has 0 spiro atoms. The van der Waals surface area contributed by atoms with E-state index in [4.69, 9.17) is 5.26 Å². The highest BCUT2D eigenvalue weighted by Gasteiger charge is 2.29. The van der Waals surface area contributed by atoms with Crippen LogP contribution in [0.2, 0.25) is 0 Å². The Labute approximate surface area is 132 Å². The average molecular weight is 378 g/mol. The number of hydrogen-bond donors (Lipinski definition) is 0. The van der Waals surface area contributed by atoms with E-state index >= 15 is 0 Å². The van der Waals surface area contributed by atoms with Crippen molar-refractivity contribution in [1.82, 2.24) is 9.21 Å². The lowest BCUT2D eigenvalue weighted by molar-refractivity contribution is 0.178. The Bertz CT molecular complexity index is 600. The van der Waals surface area contributed by atoms with Crippen LogP contribution < -0.4 is 0 Å².